The van der Waals surface area contributed by atoms with Gasteiger partial charge in [-0.25, -0.2) is 8.42 Å². The lowest BCUT2D eigenvalue weighted by molar-refractivity contribution is -0.115. The van der Waals surface area contributed by atoms with Crippen LogP contribution in [-0.4, -0.2) is 20.6 Å². The predicted molar refractivity (Wildman–Crippen MR) is 120 cm³/mol. The Balaban J connectivity index is 1.74. The van der Waals surface area contributed by atoms with Gasteiger partial charge in [0.15, 0.2) is 0 Å². The van der Waals surface area contributed by atoms with Crippen LogP contribution in [0.3, 0.4) is 0 Å². The molecule has 0 spiro atoms. The van der Waals surface area contributed by atoms with Crippen molar-refractivity contribution in [2.75, 3.05) is 15.9 Å². The maximum absolute atomic E-state index is 12.3. The van der Waals surface area contributed by atoms with Gasteiger partial charge in [-0.15, -0.1) is 11.3 Å². The summed E-state index contributed by atoms with van der Waals surface area (Å²) in [7, 11) is -3.52. The lowest BCUT2D eigenvalue weighted by Crippen LogP contribution is -2.29. The van der Waals surface area contributed by atoms with Crippen molar-refractivity contribution < 1.29 is 13.2 Å². The van der Waals surface area contributed by atoms with Gasteiger partial charge in [-0.3, -0.25) is 9.10 Å². The molecule has 3 aromatic rings. The highest BCUT2D eigenvalue weighted by Crippen LogP contribution is 2.25. The highest BCUT2D eigenvalue weighted by Gasteiger charge is 2.19. The number of aryl methyl sites for hydroxylation is 1. The number of hydrogen-bond acceptors (Lipinski definition) is 4. The fraction of sp³-hybridized carbons (Fsp3) is 0.190. The molecule has 0 atom stereocenters. The maximum atomic E-state index is 12.3. The van der Waals surface area contributed by atoms with E-state index in [1.54, 1.807) is 53.8 Å². The molecule has 0 aliphatic carbocycles. The number of nitrogens with zero attached hydrogens (tertiary/aromatic N) is 1. The van der Waals surface area contributed by atoms with Crippen LogP contribution >= 0.6 is 22.9 Å². The van der Waals surface area contributed by atoms with Crippen LogP contribution in [0.25, 0.3) is 0 Å². The largest absolute Gasteiger partial charge is 0.326 e. The Kier molecular flexibility index (Phi) is 6.62. The number of rotatable bonds is 7. The van der Waals surface area contributed by atoms with Gasteiger partial charge in [-0.1, -0.05) is 29.8 Å². The van der Waals surface area contributed by atoms with Gasteiger partial charge < -0.3 is 5.32 Å². The molecule has 5 nitrogen and oxygen atoms in total. The number of anilines is 2. The van der Waals surface area contributed by atoms with Gasteiger partial charge in [-0.05, 0) is 59.8 Å². The van der Waals surface area contributed by atoms with Crippen LogP contribution in [0.5, 0.6) is 0 Å². The second-order valence-electron chi connectivity index (χ2n) is 6.66. The van der Waals surface area contributed by atoms with E-state index in [0.29, 0.717) is 28.4 Å². The first-order chi connectivity index (χ1) is 13.7. The average molecular weight is 449 g/mol. The molecular formula is C21H21ClN2O3S2. The fourth-order valence-corrected chi connectivity index (χ4v) is 4.81. The van der Waals surface area contributed by atoms with Crippen LogP contribution in [-0.2, 0) is 27.8 Å². The summed E-state index contributed by atoms with van der Waals surface area (Å²) in [5.41, 5.74) is 2.92. The van der Waals surface area contributed by atoms with Crippen molar-refractivity contribution in [1.82, 2.24) is 0 Å². The van der Waals surface area contributed by atoms with E-state index in [1.165, 1.54) is 4.31 Å². The second-order valence-corrected chi connectivity index (χ2v) is 9.97. The van der Waals surface area contributed by atoms with E-state index in [9.17, 15) is 13.2 Å². The zero-order valence-electron chi connectivity index (χ0n) is 16.1. The number of hydrogen-bond donors (Lipinski definition) is 1. The van der Waals surface area contributed by atoms with Crippen LogP contribution in [0.4, 0.5) is 11.4 Å². The van der Waals surface area contributed by atoms with Crippen molar-refractivity contribution in [3.05, 3.63) is 81.0 Å². The molecule has 152 valence electrons. The number of carbonyl (C=O) groups is 1. The summed E-state index contributed by atoms with van der Waals surface area (Å²) in [5, 5.41) is 5.32. The molecule has 3 rings (SSSR count). The summed E-state index contributed by atoms with van der Waals surface area (Å²) >= 11 is 7.74. The summed E-state index contributed by atoms with van der Waals surface area (Å²) < 4.78 is 26.0. The molecule has 29 heavy (non-hydrogen) atoms. The second kappa shape index (κ2) is 8.98. The van der Waals surface area contributed by atoms with Crippen LogP contribution in [0.2, 0.25) is 5.02 Å². The molecule has 1 heterocycles. The molecule has 8 heteroatoms. The molecular weight excluding hydrogens is 428 g/mol. The van der Waals surface area contributed by atoms with Gasteiger partial charge in [0.2, 0.25) is 15.9 Å². The van der Waals surface area contributed by atoms with Crippen LogP contribution < -0.4 is 9.62 Å². The Morgan fingerprint density at radius 1 is 1.10 bits per heavy atom. The third-order valence-electron chi connectivity index (χ3n) is 4.40. The molecule has 0 fully saturated rings. The Morgan fingerprint density at radius 2 is 1.79 bits per heavy atom. The average Bonchev–Trinajstić information content (AvgIpc) is 3.05. The normalized spacial score (nSPS) is 11.3. The number of sulfonamides is 1. The summed E-state index contributed by atoms with van der Waals surface area (Å²) in [5.74, 6) is -0.112. The molecule has 0 saturated heterocycles. The molecule has 0 radical (unpaired) electrons. The predicted octanol–water partition coefficient (Wildman–Crippen LogP) is 4.86. The Morgan fingerprint density at radius 3 is 2.38 bits per heavy atom. The summed E-state index contributed by atoms with van der Waals surface area (Å²) in [6.45, 7) is 2.11. The van der Waals surface area contributed by atoms with Gasteiger partial charge in [-0.2, -0.15) is 0 Å². The quantitative estimate of drug-likeness (QED) is 0.561. The van der Waals surface area contributed by atoms with Gasteiger partial charge in [0.25, 0.3) is 0 Å². The number of nitrogens with one attached hydrogen (secondary N) is 1. The third-order valence-corrected chi connectivity index (χ3v) is 6.93. The maximum Gasteiger partial charge on any atom is 0.232 e. The zero-order chi connectivity index (χ0) is 21.0. The van der Waals surface area contributed by atoms with Crippen molar-refractivity contribution >= 4 is 50.2 Å². The Hall–Kier alpha value is -2.35. The highest BCUT2D eigenvalue weighted by molar-refractivity contribution is 7.92. The molecule has 0 aliphatic heterocycles. The van der Waals surface area contributed by atoms with Crippen molar-refractivity contribution in [3.8, 4) is 0 Å². The third kappa shape index (κ3) is 5.59. The highest BCUT2D eigenvalue weighted by atomic mass is 35.5. The van der Waals surface area contributed by atoms with E-state index >= 15 is 0 Å². The number of thiophene rings is 1. The van der Waals surface area contributed by atoms with Crippen molar-refractivity contribution in [2.45, 2.75) is 19.9 Å². The Bertz CT molecular complexity index is 1110. The van der Waals surface area contributed by atoms with Crippen LogP contribution in [0.1, 0.15) is 16.0 Å². The van der Waals surface area contributed by atoms with Gasteiger partial charge in [0.05, 0.1) is 24.9 Å². The lowest BCUT2D eigenvalue weighted by atomic mass is 10.2. The number of benzene rings is 2. The van der Waals surface area contributed by atoms with Crippen molar-refractivity contribution in [3.63, 3.8) is 0 Å². The topological polar surface area (TPSA) is 66.5 Å². The molecule has 2 aromatic carbocycles. The van der Waals surface area contributed by atoms with E-state index in [4.69, 9.17) is 11.6 Å². The summed E-state index contributed by atoms with van der Waals surface area (Å²) in [6.07, 6.45) is 1.47. The zero-order valence-corrected chi connectivity index (χ0v) is 18.4. The van der Waals surface area contributed by atoms with E-state index in [-0.39, 0.29) is 12.5 Å². The number of carbonyl (C=O) groups excluding carboxylic acids is 1. The first kappa shape index (κ1) is 21.4. The Labute approximate surface area is 180 Å². The smallest absolute Gasteiger partial charge is 0.232 e. The molecule has 0 aliphatic rings. The summed E-state index contributed by atoms with van der Waals surface area (Å²) in [4.78, 5) is 13.3. The van der Waals surface area contributed by atoms with Crippen LogP contribution in [0.15, 0.2) is 60.0 Å². The number of halogens is 1. The molecule has 0 bridgehead atoms. The first-order valence-corrected chi connectivity index (χ1v) is 12.0. The molecule has 1 aromatic heterocycles. The van der Waals surface area contributed by atoms with E-state index in [0.717, 1.165) is 16.7 Å². The van der Waals surface area contributed by atoms with E-state index in [2.05, 4.69) is 5.32 Å². The molecule has 0 unspecified atom stereocenters. The minimum Gasteiger partial charge on any atom is -0.326 e. The molecule has 0 saturated carbocycles. The minimum atomic E-state index is -3.52. The fourth-order valence-electron chi connectivity index (χ4n) is 2.83. The van der Waals surface area contributed by atoms with Crippen LogP contribution in [0, 0.1) is 6.92 Å². The van der Waals surface area contributed by atoms with Gasteiger partial charge in [0.1, 0.15) is 0 Å². The van der Waals surface area contributed by atoms with Gasteiger partial charge >= 0.3 is 0 Å². The molecule has 1 N–H and O–H groups in total. The molecule has 1 amide bonds. The standard InChI is InChI=1S/C21H21ClN2O3S2/c1-15-11-12-28-20(15)13-21(25)23-17-7-9-18(10-8-17)24(29(2,26)27)14-16-5-3-4-6-19(16)22/h3-12H,13-14H2,1-2H3,(H,23,25). The lowest BCUT2D eigenvalue weighted by Gasteiger charge is -2.23. The minimum absolute atomic E-state index is 0.112. The van der Waals surface area contributed by atoms with Crippen molar-refractivity contribution in [2.24, 2.45) is 0 Å². The first-order valence-electron chi connectivity index (χ1n) is 8.88. The monoisotopic (exact) mass is 448 g/mol. The SMILES string of the molecule is Cc1ccsc1CC(=O)Nc1ccc(N(Cc2ccccc2Cl)S(C)(=O)=O)cc1. The number of amides is 1. The summed E-state index contributed by atoms with van der Waals surface area (Å²) in [6, 6.07) is 15.8. The van der Waals surface area contributed by atoms with E-state index < -0.39 is 10.0 Å². The van der Waals surface area contributed by atoms with Crippen molar-refractivity contribution in [1.29, 1.82) is 0 Å². The van der Waals surface area contributed by atoms with E-state index in [1.807, 2.05) is 24.4 Å². The van der Waals surface area contributed by atoms with Gasteiger partial charge in [0, 0.05) is 15.6 Å².